The molecule has 0 fully saturated rings. The predicted octanol–water partition coefficient (Wildman–Crippen LogP) is 3.08. The Morgan fingerprint density at radius 3 is 2.59 bits per heavy atom. The van der Waals surface area contributed by atoms with Crippen molar-refractivity contribution < 1.29 is 4.74 Å². The van der Waals surface area contributed by atoms with Crippen LogP contribution in [0.3, 0.4) is 0 Å². The molecule has 0 saturated heterocycles. The van der Waals surface area contributed by atoms with Gasteiger partial charge in [-0.05, 0) is 31.0 Å². The number of hydrogen-bond donors (Lipinski definition) is 1. The summed E-state index contributed by atoms with van der Waals surface area (Å²) in [6.07, 6.45) is 0. The lowest BCUT2D eigenvalue weighted by Crippen LogP contribution is -2.24. The van der Waals surface area contributed by atoms with Crippen LogP contribution < -0.4 is 10.6 Å². The standard InChI is InChI=1S/C16H24N4OS/c1-11-6-7-12(2)13(10-11)21-8-9-22-15-19-18-14(20(15)17)16(3,4)5/h6-7,10H,8-9,17H2,1-5H3. The fraction of sp³-hybridized carbons (Fsp3) is 0.500. The zero-order valence-corrected chi connectivity index (χ0v) is 14.7. The van der Waals surface area contributed by atoms with E-state index in [1.54, 1.807) is 16.4 Å². The number of thioether (sulfide) groups is 1. The lowest BCUT2D eigenvalue weighted by atomic mass is 9.96. The predicted molar refractivity (Wildman–Crippen MR) is 91.0 cm³/mol. The van der Waals surface area contributed by atoms with Gasteiger partial charge >= 0.3 is 0 Å². The molecule has 0 amide bonds. The number of benzene rings is 1. The Balaban J connectivity index is 1.90. The molecule has 1 aromatic carbocycles. The van der Waals surface area contributed by atoms with E-state index in [0.717, 1.165) is 28.0 Å². The van der Waals surface area contributed by atoms with Crippen LogP contribution in [0.4, 0.5) is 0 Å². The second kappa shape index (κ2) is 6.60. The van der Waals surface area contributed by atoms with E-state index < -0.39 is 0 Å². The molecule has 0 saturated carbocycles. The summed E-state index contributed by atoms with van der Waals surface area (Å²) >= 11 is 1.55. The molecule has 0 radical (unpaired) electrons. The lowest BCUT2D eigenvalue weighted by molar-refractivity contribution is 0.341. The highest BCUT2D eigenvalue weighted by molar-refractivity contribution is 7.99. The Kier molecular flexibility index (Phi) is 5.01. The summed E-state index contributed by atoms with van der Waals surface area (Å²) in [5.74, 6) is 8.55. The molecule has 0 bridgehead atoms. The summed E-state index contributed by atoms with van der Waals surface area (Å²) in [6, 6.07) is 6.22. The molecule has 0 unspecified atom stereocenters. The number of nitrogen functional groups attached to an aromatic ring is 1. The Morgan fingerprint density at radius 1 is 1.23 bits per heavy atom. The largest absolute Gasteiger partial charge is 0.492 e. The number of nitrogens with two attached hydrogens (primary N) is 1. The molecule has 120 valence electrons. The van der Waals surface area contributed by atoms with Gasteiger partial charge in [0.1, 0.15) is 5.75 Å². The van der Waals surface area contributed by atoms with Gasteiger partial charge in [-0.2, -0.15) is 0 Å². The van der Waals surface area contributed by atoms with E-state index in [2.05, 4.69) is 56.1 Å². The molecule has 2 N–H and O–H groups in total. The fourth-order valence-electron chi connectivity index (χ4n) is 2.03. The molecular weight excluding hydrogens is 296 g/mol. The van der Waals surface area contributed by atoms with Gasteiger partial charge in [0.05, 0.1) is 6.61 Å². The van der Waals surface area contributed by atoms with Gasteiger partial charge in [-0.15, -0.1) is 10.2 Å². The summed E-state index contributed by atoms with van der Waals surface area (Å²) < 4.78 is 7.41. The van der Waals surface area contributed by atoms with E-state index in [4.69, 9.17) is 10.6 Å². The molecule has 5 nitrogen and oxygen atoms in total. The van der Waals surface area contributed by atoms with Gasteiger partial charge in [-0.1, -0.05) is 44.7 Å². The first-order valence-corrected chi connectivity index (χ1v) is 8.31. The second-order valence-corrected chi connectivity index (χ2v) is 7.45. The molecule has 1 heterocycles. The number of hydrogen-bond acceptors (Lipinski definition) is 5. The van der Waals surface area contributed by atoms with E-state index in [9.17, 15) is 0 Å². The monoisotopic (exact) mass is 320 g/mol. The van der Waals surface area contributed by atoms with Crippen LogP contribution in [0.15, 0.2) is 23.4 Å². The van der Waals surface area contributed by atoms with Crippen LogP contribution in [0.2, 0.25) is 0 Å². The van der Waals surface area contributed by atoms with Crippen LogP contribution in [0.25, 0.3) is 0 Å². The molecule has 2 rings (SSSR count). The molecule has 0 aliphatic heterocycles. The molecule has 0 atom stereocenters. The smallest absolute Gasteiger partial charge is 0.209 e. The van der Waals surface area contributed by atoms with Crippen molar-refractivity contribution in [3.8, 4) is 5.75 Å². The van der Waals surface area contributed by atoms with Crippen molar-refractivity contribution in [2.45, 2.75) is 45.2 Å². The number of aromatic nitrogens is 3. The highest BCUT2D eigenvalue weighted by Crippen LogP contribution is 2.24. The molecule has 22 heavy (non-hydrogen) atoms. The second-order valence-electron chi connectivity index (χ2n) is 6.39. The van der Waals surface area contributed by atoms with Crippen molar-refractivity contribution in [3.63, 3.8) is 0 Å². The Labute approximate surface area is 136 Å². The van der Waals surface area contributed by atoms with Crippen LogP contribution in [0, 0.1) is 13.8 Å². The molecule has 2 aromatic rings. The van der Waals surface area contributed by atoms with E-state index in [1.165, 1.54) is 5.56 Å². The summed E-state index contributed by atoms with van der Waals surface area (Å²) in [5, 5.41) is 9.05. The first kappa shape index (κ1) is 16.7. The number of ether oxygens (including phenoxy) is 1. The van der Waals surface area contributed by atoms with Crippen LogP contribution >= 0.6 is 11.8 Å². The third kappa shape index (κ3) is 3.94. The molecule has 0 aliphatic carbocycles. The Bertz CT molecular complexity index is 646. The van der Waals surface area contributed by atoms with Crippen molar-refractivity contribution in [2.24, 2.45) is 0 Å². The summed E-state index contributed by atoms with van der Waals surface area (Å²) in [5.41, 5.74) is 2.23. The fourth-order valence-corrected chi connectivity index (χ4v) is 2.71. The van der Waals surface area contributed by atoms with E-state index in [-0.39, 0.29) is 5.41 Å². The van der Waals surface area contributed by atoms with Crippen molar-refractivity contribution in [1.29, 1.82) is 0 Å². The minimum Gasteiger partial charge on any atom is -0.492 e. The molecule has 0 aliphatic rings. The third-order valence-electron chi connectivity index (χ3n) is 3.25. The Hall–Kier alpha value is -1.69. The molecule has 6 heteroatoms. The summed E-state index contributed by atoms with van der Waals surface area (Å²) in [7, 11) is 0. The quantitative estimate of drug-likeness (QED) is 0.521. The van der Waals surface area contributed by atoms with Gasteiger partial charge in [-0.3, -0.25) is 0 Å². The maximum atomic E-state index is 6.06. The number of rotatable bonds is 5. The minimum absolute atomic E-state index is 0.115. The van der Waals surface area contributed by atoms with Crippen molar-refractivity contribution in [2.75, 3.05) is 18.2 Å². The van der Waals surface area contributed by atoms with Gasteiger partial charge < -0.3 is 10.6 Å². The first-order chi connectivity index (χ1) is 10.3. The summed E-state index contributed by atoms with van der Waals surface area (Å²) in [4.78, 5) is 0. The first-order valence-electron chi connectivity index (χ1n) is 7.33. The van der Waals surface area contributed by atoms with Crippen molar-refractivity contribution in [3.05, 3.63) is 35.2 Å². The van der Waals surface area contributed by atoms with Crippen molar-refractivity contribution in [1.82, 2.24) is 14.9 Å². The number of nitrogens with zero attached hydrogens (tertiary/aromatic N) is 3. The maximum Gasteiger partial charge on any atom is 0.209 e. The van der Waals surface area contributed by atoms with Gasteiger partial charge in [0.25, 0.3) is 0 Å². The maximum absolute atomic E-state index is 6.06. The van der Waals surface area contributed by atoms with Crippen LogP contribution in [0.1, 0.15) is 37.7 Å². The van der Waals surface area contributed by atoms with Gasteiger partial charge in [-0.25, -0.2) is 4.68 Å². The summed E-state index contributed by atoms with van der Waals surface area (Å²) in [6.45, 7) is 10.9. The average Bonchev–Trinajstić information content (AvgIpc) is 2.80. The van der Waals surface area contributed by atoms with Gasteiger partial charge in [0.15, 0.2) is 5.82 Å². The molecule has 1 aromatic heterocycles. The minimum atomic E-state index is -0.115. The van der Waals surface area contributed by atoms with E-state index in [0.29, 0.717) is 6.61 Å². The van der Waals surface area contributed by atoms with Crippen LogP contribution in [-0.4, -0.2) is 27.2 Å². The van der Waals surface area contributed by atoms with Crippen molar-refractivity contribution >= 4 is 11.8 Å². The topological polar surface area (TPSA) is 66.0 Å². The lowest BCUT2D eigenvalue weighted by Gasteiger charge is -2.16. The molecule has 0 spiro atoms. The number of aryl methyl sites for hydroxylation is 2. The highest BCUT2D eigenvalue weighted by atomic mass is 32.2. The third-order valence-corrected chi connectivity index (χ3v) is 4.16. The van der Waals surface area contributed by atoms with E-state index in [1.807, 2.05) is 6.92 Å². The average molecular weight is 320 g/mol. The SMILES string of the molecule is Cc1ccc(C)c(OCCSc2nnc(C(C)(C)C)n2N)c1. The van der Waals surface area contributed by atoms with Crippen LogP contribution in [-0.2, 0) is 5.41 Å². The zero-order valence-electron chi connectivity index (χ0n) is 13.9. The molecular formula is C16H24N4OS. The normalized spacial score (nSPS) is 11.7. The Morgan fingerprint density at radius 2 is 1.95 bits per heavy atom. The van der Waals surface area contributed by atoms with Crippen LogP contribution in [0.5, 0.6) is 5.75 Å². The zero-order chi connectivity index (χ0) is 16.3. The van der Waals surface area contributed by atoms with Gasteiger partial charge in [0, 0.05) is 11.2 Å². The van der Waals surface area contributed by atoms with E-state index >= 15 is 0 Å². The highest BCUT2D eigenvalue weighted by Gasteiger charge is 2.22. The van der Waals surface area contributed by atoms with Gasteiger partial charge in [0.2, 0.25) is 5.16 Å².